The zero-order valence-electron chi connectivity index (χ0n) is 7.86. The Morgan fingerprint density at radius 3 is 2.62 bits per heavy atom. The van der Waals surface area contributed by atoms with E-state index in [-0.39, 0.29) is 0 Å². The summed E-state index contributed by atoms with van der Waals surface area (Å²) in [5, 5.41) is 0. The van der Waals surface area contributed by atoms with Crippen LogP contribution in [0, 0.1) is 6.92 Å². The molecule has 0 aliphatic carbocycles. The summed E-state index contributed by atoms with van der Waals surface area (Å²) < 4.78 is 4.15. The maximum Gasteiger partial charge on any atom is 0.293 e. The number of hydrogen-bond acceptors (Lipinski definition) is 4. The van der Waals surface area contributed by atoms with Gasteiger partial charge in [0.05, 0.1) is 18.0 Å². The van der Waals surface area contributed by atoms with Gasteiger partial charge in [0.2, 0.25) is 0 Å². The third kappa shape index (κ3) is 5.66. The second-order valence-electron chi connectivity index (χ2n) is 2.23. The van der Waals surface area contributed by atoms with E-state index in [9.17, 15) is 4.79 Å². The summed E-state index contributed by atoms with van der Waals surface area (Å²) >= 11 is 0. The van der Waals surface area contributed by atoms with Crippen LogP contribution >= 0.6 is 0 Å². The van der Waals surface area contributed by atoms with Crippen LogP contribution in [0.1, 0.15) is 12.6 Å². The van der Waals surface area contributed by atoms with Crippen molar-refractivity contribution in [3.8, 4) is 0 Å². The number of aryl methyl sites for hydroxylation is 1. The quantitative estimate of drug-likeness (QED) is 0.697. The van der Waals surface area contributed by atoms with Crippen LogP contribution in [0.2, 0.25) is 0 Å². The van der Waals surface area contributed by atoms with E-state index < -0.39 is 0 Å². The van der Waals surface area contributed by atoms with Gasteiger partial charge in [0, 0.05) is 6.20 Å². The third-order valence-corrected chi connectivity index (χ3v) is 1.28. The smallest absolute Gasteiger partial charge is 0.293 e. The van der Waals surface area contributed by atoms with Gasteiger partial charge in [0.1, 0.15) is 0 Å². The van der Waals surface area contributed by atoms with Crippen molar-refractivity contribution in [2.24, 2.45) is 0 Å². The Morgan fingerprint density at radius 2 is 2.38 bits per heavy atom. The predicted octanol–water partition coefficient (Wildman–Crippen LogP) is 1.15. The first-order chi connectivity index (χ1) is 6.22. The molecule has 0 aliphatic rings. The minimum atomic E-state index is 0.431. The van der Waals surface area contributed by atoms with Crippen LogP contribution in [0.25, 0.3) is 0 Å². The van der Waals surface area contributed by atoms with E-state index in [2.05, 4.69) is 9.72 Å². The van der Waals surface area contributed by atoms with Crippen molar-refractivity contribution >= 4 is 12.2 Å². The maximum absolute atomic E-state index is 9.18. The lowest BCUT2D eigenvalue weighted by atomic mass is 10.3. The third-order valence-electron chi connectivity index (χ3n) is 1.28. The standard InChI is InChI=1S/C6H8N2.C3H6O2/c1-5-6(7)3-2-4-8-5;1-2-5-3-4/h2-4H,7H2,1H3;3H,2H2,1H3. The molecule has 0 atom stereocenters. The molecular weight excluding hydrogens is 168 g/mol. The average molecular weight is 182 g/mol. The van der Waals surface area contributed by atoms with Crippen LogP contribution in [0.3, 0.4) is 0 Å². The van der Waals surface area contributed by atoms with Crippen LogP contribution < -0.4 is 5.73 Å². The summed E-state index contributed by atoms with van der Waals surface area (Å²) in [5.74, 6) is 0. The molecule has 1 aromatic heterocycles. The molecule has 0 saturated heterocycles. The van der Waals surface area contributed by atoms with Crippen LogP contribution in [-0.2, 0) is 9.53 Å². The Labute approximate surface area is 77.7 Å². The number of nitrogens with zero attached hydrogens (tertiary/aromatic N) is 1. The first-order valence-corrected chi connectivity index (χ1v) is 3.94. The van der Waals surface area contributed by atoms with E-state index in [0.717, 1.165) is 11.4 Å². The van der Waals surface area contributed by atoms with Crippen molar-refractivity contribution in [2.45, 2.75) is 13.8 Å². The fourth-order valence-electron chi connectivity index (χ4n) is 0.565. The van der Waals surface area contributed by atoms with E-state index in [1.807, 2.05) is 19.1 Å². The van der Waals surface area contributed by atoms with Crippen LogP contribution in [0.15, 0.2) is 18.3 Å². The van der Waals surface area contributed by atoms with Crippen molar-refractivity contribution in [2.75, 3.05) is 12.3 Å². The van der Waals surface area contributed by atoms with Crippen molar-refractivity contribution < 1.29 is 9.53 Å². The number of hydrogen-bond donors (Lipinski definition) is 1. The minimum Gasteiger partial charge on any atom is -0.468 e. The molecule has 0 saturated carbocycles. The van der Waals surface area contributed by atoms with Crippen molar-refractivity contribution in [1.29, 1.82) is 0 Å². The van der Waals surface area contributed by atoms with E-state index in [0.29, 0.717) is 13.1 Å². The summed E-state index contributed by atoms with van der Waals surface area (Å²) in [4.78, 5) is 13.1. The Hall–Kier alpha value is -1.58. The summed E-state index contributed by atoms with van der Waals surface area (Å²) in [6.45, 7) is 4.55. The lowest BCUT2D eigenvalue weighted by Gasteiger charge is -1.92. The van der Waals surface area contributed by atoms with Gasteiger partial charge in [-0.3, -0.25) is 9.78 Å². The molecule has 4 nitrogen and oxygen atoms in total. The summed E-state index contributed by atoms with van der Waals surface area (Å²) in [6, 6.07) is 3.66. The molecule has 4 heteroatoms. The van der Waals surface area contributed by atoms with Crippen LogP contribution in [0.5, 0.6) is 0 Å². The van der Waals surface area contributed by atoms with Crippen molar-refractivity contribution in [3.05, 3.63) is 24.0 Å². The lowest BCUT2D eigenvalue weighted by Crippen LogP contribution is -1.89. The molecule has 0 amide bonds. The molecule has 1 rings (SSSR count). The Bertz CT molecular complexity index is 230. The fraction of sp³-hybridized carbons (Fsp3) is 0.333. The summed E-state index contributed by atoms with van der Waals surface area (Å²) in [7, 11) is 0. The molecule has 0 radical (unpaired) electrons. The largest absolute Gasteiger partial charge is 0.468 e. The number of carbonyl (C=O) groups excluding carboxylic acids is 1. The highest BCUT2D eigenvalue weighted by Crippen LogP contribution is 2.02. The second kappa shape index (κ2) is 7.09. The molecule has 0 unspecified atom stereocenters. The zero-order valence-corrected chi connectivity index (χ0v) is 7.86. The molecule has 0 spiro atoms. The highest BCUT2D eigenvalue weighted by molar-refractivity contribution is 5.40. The molecule has 2 N–H and O–H groups in total. The zero-order chi connectivity index (χ0) is 10.1. The Morgan fingerprint density at radius 1 is 1.69 bits per heavy atom. The van der Waals surface area contributed by atoms with Gasteiger partial charge in [0.15, 0.2) is 0 Å². The first kappa shape index (κ1) is 11.4. The van der Waals surface area contributed by atoms with Crippen molar-refractivity contribution in [3.63, 3.8) is 0 Å². The van der Waals surface area contributed by atoms with Crippen LogP contribution in [0.4, 0.5) is 5.69 Å². The monoisotopic (exact) mass is 182 g/mol. The molecule has 0 aromatic carbocycles. The predicted molar refractivity (Wildman–Crippen MR) is 51.1 cm³/mol. The SMILES string of the molecule is CCOC=O.Cc1ncccc1N. The Kier molecular flexibility index (Phi) is 6.23. The normalized spacial score (nSPS) is 8.15. The Balaban J connectivity index is 0.000000252. The summed E-state index contributed by atoms with van der Waals surface area (Å²) in [6.07, 6.45) is 1.73. The number of ether oxygens (including phenoxy) is 1. The fourth-order valence-corrected chi connectivity index (χ4v) is 0.565. The van der Waals surface area contributed by atoms with Gasteiger partial charge >= 0.3 is 0 Å². The van der Waals surface area contributed by atoms with Gasteiger partial charge in [-0.15, -0.1) is 0 Å². The van der Waals surface area contributed by atoms with Gasteiger partial charge in [0.25, 0.3) is 6.47 Å². The first-order valence-electron chi connectivity index (χ1n) is 3.94. The van der Waals surface area contributed by atoms with Gasteiger partial charge in [-0.2, -0.15) is 0 Å². The minimum absolute atomic E-state index is 0.431. The molecule has 0 aliphatic heterocycles. The number of pyridine rings is 1. The number of aromatic nitrogens is 1. The maximum atomic E-state index is 9.18. The van der Waals surface area contributed by atoms with Gasteiger partial charge in [-0.25, -0.2) is 0 Å². The number of rotatable bonds is 2. The second-order valence-corrected chi connectivity index (χ2v) is 2.23. The van der Waals surface area contributed by atoms with Gasteiger partial charge in [-0.1, -0.05) is 0 Å². The molecule has 13 heavy (non-hydrogen) atoms. The molecular formula is C9H14N2O2. The number of anilines is 1. The molecule has 1 aromatic rings. The highest BCUT2D eigenvalue weighted by Gasteiger charge is 1.86. The number of carbonyl (C=O) groups is 1. The van der Waals surface area contributed by atoms with Crippen molar-refractivity contribution in [1.82, 2.24) is 4.98 Å². The van der Waals surface area contributed by atoms with E-state index in [1.165, 1.54) is 0 Å². The highest BCUT2D eigenvalue weighted by atomic mass is 16.5. The molecule has 1 heterocycles. The topological polar surface area (TPSA) is 65.2 Å². The molecule has 0 fully saturated rings. The van der Waals surface area contributed by atoms with Gasteiger partial charge < -0.3 is 10.5 Å². The number of nitrogen functional groups attached to an aromatic ring is 1. The van der Waals surface area contributed by atoms with Crippen LogP contribution in [-0.4, -0.2) is 18.1 Å². The summed E-state index contributed by atoms with van der Waals surface area (Å²) in [5.41, 5.74) is 7.11. The lowest BCUT2D eigenvalue weighted by molar-refractivity contribution is -0.128. The van der Waals surface area contributed by atoms with Gasteiger partial charge in [-0.05, 0) is 26.0 Å². The molecule has 0 bridgehead atoms. The number of nitrogens with two attached hydrogens (primary N) is 1. The average Bonchev–Trinajstić information content (AvgIpc) is 2.13. The van der Waals surface area contributed by atoms with E-state index in [4.69, 9.17) is 5.73 Å². The van der Waals surface area contributed by atoms with E-state index >= 15 is 0 Å². The molecule has 72 valence electrons. The van der Waals surface area contributed by atoms with E-state index in [1.54, 1.807) is 13.1 Å².